The summed E-state index contributed by atoms with van der Waals surface area (Å²) in [5.41, 5.74) is 3.01. The average Bonchev–Trinajstić information content (AvgIpc) is 2.84. The average molecular weight is 308 g/mol. The number of aryl methyl sites for hydroxylation is 1. The highest BCUT2D eigenvalue weighted by Gasteiger charge is 2.14. The van der Waals surface area contributed by atoms with E-state index in [-0.39, 0.29) is 11.1 Å². The summed E-state index contributed by atoms with van der Waals surface area (Å²) in [6, 6.07) is 16.1. The lowest BCUT2D eigenvalue weighted by atomic mass is 10.1. The van der Waals surface area contributed by atoms with Gasteiger partial charge >= 0.3 is 5.97 Å². The molecule has 1 heterocycles. The van der Waals surface area contributed by atoms with Gasteiger partial charge < -0.3 is 5.11 Å². The molecule has 0 aliphatic carbocycles. The van der Waals surface area contributed by atoms with Gasteiger partial charge in [-0.05, 0) is 30.7 Å². The maximum Gasteiger partial charge on any atom is 0.335 e. The van der Waals surface area contributed by atoms with Crippen molar-refractivity contribution in [3.8, 4) is 5.69 Å². The smallest absolute Gasteiger partial charge is 0.335 e. The molecule has 0 unspecified atom stereocenters. The predicted molar refractivity (Wildman–Crippen MR) is 87.3 cm³/mol. The lowest BCUT2D eigenvalue weighted by molar-refractivity contribution is 0.0697. The number of nitrogens with one attached hydrogen (secondary N) is 1. The third-order valence-corrected chi connectivity index (χ3v) is 3.77. The molecule has 0 bridgehead atoms. The molecule has 0 fully saturated rings. The van der Waals surface area contributed by atoms with E-state index in [9.17, 15) is 9.59 Å². The van der Waals surface area contributed by atoms with Crippen molar-refractivity contribution in [2.24, 2.45) is 0 Å². The lowest BCUT2D eigenvalue weighted by Gasteiger charge is -2.02. The van der Waals surface area contributed by atoms with Gasteiger partial charge in [-0.1, -0.05) is 36.4 Å². The first-order valence-electron chi connectivity index (χ1n) is 7.24. The van der Waals surface area contributed by atoms with Crippen molar-refractivity contribution >= 4 is 5.97 Å². The van der Waals surface area contributed by atoms with Crippen LogP contribution in [-0.4, -0.2) is 20.9 Å². The fourth-order valence-electron chi connectivity index (χ4n) is 2.55. The quantitative estimate of drug-likeness (QED) is 0.778. The number of benzene rings is 2. The molecular formula is C18H16N2O3. The van der Waals surface area contributed by atoms with Gasteiger partial charge in [-0.25, -0.2) is 9.48 Å². The Kier molecular flexibility index (Phi) is 3.85. The fourth-order valence-corrected chi connectivity index (χ4v) is 2.55. The molecule has 5 nitrogen and oxygen atoms in total. The molecule has 3 rings (SSSR count). The van der Waals surface area contributed by atoms with Crippen molar-refractivity contribution in [3.05, 3.63) is 87.3 Å². The highest BCUT2D eigenvalue weighted by Crippen LogP contribution is 2.13. The van der Waals surface area contributed by atoms with Crippen LogP contribution in [0.3, 0.4) is 0 Å². The van der Waals surface area contributed by atoms with E-state index >= 15 is 0 Å². The van der Waals surface area contributed by atoms with Gasteiger partial charge in [0, 0.05) is 17.7 Å². The molecule has 1 aromatic heterocycles. The van der Waals surface area contributed by atoms with Gasteiger partial charge in [0.2, 0.25) is 0 Å². The zero-order valence-corrected chi connectivity index (χ0v) is 12.6. The van der Waals surface area contributed by atoms with Crippen LogP contribution < -0.4 is 5.56 Å². The van der Waals surface area contributed by atoms with Crippen molar-refractivity contribution in [1.29, 1.82) is 0 Å². The van der Waals surface area contributed by atoms with Crippen molar-refractivity contribution in [3.63, 3.8) is 0 Å². The number of H-pyrrole nitrogens is 1. The first-order chi connectivity index (χ1) is 11.1. The van der Waals surface area contributed by atoms with E-state index in [0.29, 0.717) is 17.7 Å². The summed E-state index contributed by atoms with van der Waals surface area (Å²) >= 11 is 0. The van der Waals surface area contributed by atoms with Crippen LogP contribution in [0.25, 0.3) is 5.69 Å². The van der Waals surface area contributed by atoms with Crippen LogP contribution in [0.1, 0.15) is 27.2 Å². The molecule has 116 valence electrons. The van der Waals surface area contributed by atoms with Crippen molar-refractivity contribution in [1.82, 2.24) is 9.78 Å². The number of carboxylic acids is 1. The van der Waals surface area contributed by atoms with E-state index in [4.69, 9.17) is 5.11 Å². The lowest BCUT2D eigenvalue weighted by Crippen LogP contribution is -2.18. The van der Waals surface area contributed by atoms with Crippen molar-refractivity contribution < 1.29 is 9.90 Å². The number of aromatic nitrogens is 2. The van der Waals surface area contributed by atoms with Crippen LogP contribution in [-0.2, 0) is 6.42 Å². The summed E-state index contributed by atoms with van der Waals surface area (Å²) in [5.74, 6) is -1.02. The molecule has 0 aliphatic rings. The summed E-state index contributed by atoms with van der Waals surface area (Å²) in [6.45, 7) is 1.84. The molecule has 23 heavy (non-hydrogen) atoms. The second-order valence-electron chi connectivity index (χ2n) is 5.37. The van der Waals surface area contributed by atoms with Crippen LogP contribution in [0.4, 0.5) is 0 Å². The van der Waals surface area contributed by atoms with Crippen molar-refractivity contribution in [2.75, 3.05) is 0 Å². The van der Waals surface area contributed by atoms with Crippen molar-refractivity contribution in [2.45, 2.75) is 13.3 Å². The third kappa shape index (κ3) is 2.94. The molecule has 0 aliphatic heterocycles. The van der Waals surface area contributed by atoms with E-state index in [1.165, 1.54) is 16.8 Å². The van der Waals surface area contributed by atoms with Crippen LogP contribution in [0.5, 0.6) is 0 Å². The maximum absolute atomic E-state index is 12.7. The van der Waals surface area contributed by atoms with Crippen LogP contribution >= 0.6 is 0 Å². The second kappa shape index (κ2) is 5.96. The zero-order chi connectivity index (χ0) is 16.4. The van der Waals surface area contributed by atoms with Gasteiger partial charge in [-0.3, -0.25) is 9.89 Å². The second-order valence-corrected chi connectivity index (χ2v) is 5.37. The molecule has 2 aromatic carbocycles. The van der Waals surface area contributed by atoms with Gasteiger partial charge in [0.1, 0.15) is 0 Å². The summed E-state index contributed by atoms with van der Waals surface area (Å²) in [6.07, 6.45) is 0.535. The van der Waals surface area contributed by atoms with Gasteiger partial charge in [0.05, 0.1) is 11.3 Å². The van der Waals surface area contributed by atoms with Gasteiger partial charge in [-0.2, -0.15) is 0 Å². The minimum Gasteiger partial charge on any atom is -0.478 e. The predicted octanol–water partition coefficient (Wildman–Crippen LogP) is 2.76. The Bertz CT molecular complexity index is 908. The number of hydrogen-bond donors (Lipinski definition) is 2. The molecule has 0 amide bonds. The first kappa shape index (κ1) is 14.8. The molecule has 5 heteroatoms. The third-order valence-electron chi connectivity index (χ3n) is 3.77. The minimum atomic E-state index is -1.02. The fraction of sp³-hybridized carbons (Fsp3) is 0.111. The number of rotatable bonds is 4. The highest BCUT2D eigenvalue weighted by atomic mass is 16.4. The SMILES string of the molecule is Cc1[nH]n(-c2cccc(C(=O)O)c2)c(=O)c1Cc1ccccc1. The Morgan fingerprint density at radius 3 is 2.57 bits per heavy atom. The first-order valence-corrected chi connectivity index (χ1v) is 7.24. The van der Waals surface area contributed by atoms with Gasteiger partial charge in [-0.15, -0.1) is 0 Å². The molecule has 0 radical (unpaired) electrons. The standard InChI is InChI=1S/C18H16N2O3/c1-12-16(10-13-6-3-2-4-7-13)17(21)20(19-12)15-9-5-8-14(11-15)18(22)23/h2-9,11,19H,10H2,1H3,(H,22,23). The van der Waals surface area contributed by atoms with E-state index in [1.807, 2.05) is 37.3 Å². The molecule has 0 spiro atoms. The number of nitrogens with zero attached hydrogens (tertiary/aromatic N) is 1. The summed E-state index contributed by atoms with van der Waals surface area (Å²) in [5, 5.41) is 12.1. The van der Waals surface area contributed by atoms with Gasteiger partial charge in [0.25, 0.3) is 5.56 Å². The van der Waals surface area contributed by atoms with Crippen LogP contribution in [0, 0.1) is 6.92 Å². The molecule has 2 N–H and O–H groups in total. The number of carbonyl (C=O) groups is 1. The summed E-state index contributed by atoms with van der Waals surface area (Å²) in [7, 11) is 0. The molecule has 0 saturated heterocycles. The molecule has 3 aromatic rings. The van der Waals surface area contributed by atoms with E-state index in [2.05, 4.69) is 5.10 Å². The number of carboxylic acid groups (broad SMARTS) is 1. The Morgan fingerprint density at radius 1 is 1.13 bits per heavy atom. The Morgan fingerprint density at radius 2 is 1.87 bits per heavy atom. The molecular weight excluding hydrogens is 292 g/mol. The van der Waals surface area contributed by atoms with Crippen LogP contribution in [0.15, 0.2) is 59.4 Å². The van der Waals surface area contributed by atoms with E-state index < -0.39 is 5.97 Å². The Balaban J connectivity index is 2.03. The number of hydrogen-bond acceptors (Lipinski definition) is 2. The monoisotopic (exact) mass is 308 g/mol. The summed E-state index contributed by atoms with van der Waals surface area (Å²) in [4.78, 5) is 23.7. The number of aromatic carboxylic acids is 1. The van der Waals surface area contributed by atoms with E-state index in [1.54, 1.807) is 12.1 Å². The molecule has 0 saturated carbocycles. The topological polar surface area (TPSA) is 75.1 Å². The van der Waals surface area contributed by atoms with Gasteiger partial charge in [0.15, 0.2) is 0 Å². The normalized spacial score (nSPS) is 10.7. The van der Waals surface area contributed by atoms with Crippen LogP contribution in [0.2, 0.25) is 0 Å². The number of aromatic amines is 1. The highest BCUT2D eigenvalue weighted by molar-refractivity contribution is 5.88. The largest absolute Gasteiger partial charge is 0.478 e. The zero-order valence-electron chi connectivity index (χ0n) is 12.6. The summed E-state index contributed by atoms with van der Waals surface area (Å²) < 4.78 is 1.39. The Hall–Kier alpha value is -3.08. The maximum atomic E-state index is 12.7. The van der Waals surface area contributed by atoms with E-state index in [0.717, 1.165) is 11.3 Å². The Labute approximate surface area is 132 Å². The molecule has 0 atom stereocenters. The minimum absolute atomic E-state index is 0.145.